The fourth-order valence-electron chi connectivity index (χ4n) is 1.95. The van der Waals surface area contributed by atoms with E-state index >= 15 is 0 Å². The number of para-hydroxylation sites is 2. The summed E-state index contributed by atoms with van der Waals surface area (Å²) >= 11 is 0. The monoisotopic (exact) mass is 358 g/mol. The molecule has 134 valence electrons. The second-order valence-corrected chi connectivity index (χ2v) is 4.75. The van der Waals surface area contributed by atoms with Crippen LogP contribution < -0.4 is 9.47 Å². The molecular formula is C18H14O8. The van der Waals surface area contributed by atoms with E-state index in [9.17, 15) is 19.2 Å². The molecule has 0 saturated heterocycles. The lowest BCUT2D eigenvalue weighted by Crippen LogP contribution is -2.26. The fourth-order valence-corrected chi connectivity index (χ4v) is 1.95. The van der Waals surface area contributed by atoms with Gasteiger partial charge in [-0.3, -0.25) is 0 Å². The van der Waals surface area contributed by atoms with E-state index in [0.717, 1.165) is 0 Å². The van der Waals surface area contributed by atoms with Gasteiger partial charge in [0, 0.05) is 0 Å². The third-order valence-electron chi connectivity index (χ3n) is 3.16. The number of hydrogen-bond acceptors (Lipinski definition) is 8. The molecule has 2 aromatic rings. The minimum Gasteiger partial charge on any atom is -0.465 e. The molecule has 0 N–H and O–H groups in total. The van der Waals surface area contributed by atoms with E-state index in [1.165, 1.54) is 62.8 Å². The normalized spacial score (nSPS) is 9.77. The summed E-state index contributed by atoms with van der Waals surface area (Å²) in [5.41, 5.74) is -0.0720. The average molecular weight is 358 g/mol. The standard InChI is InChI=1S/C18H14O8/c1-23-15(19)11-7-3-5-9-13(11)25-17(21)18(22)26-14-10-6-4-8-12(14)16(20)24-2/h3-10H,1-2H3. The Morgan fingerprint density at radius 3 is 1.31 bits per heavy atom. The lowest BCUT2D eigenvalue weighted by molar-refractivity contribution is -0.156. The fraction of sp³-hybridized carbons (Fsp3) is 0.111. The summed E-state index contributed by atoms with van der Waals surface area (Å²) in [6.45, 7) is 0. The van der Waals surface area contributed by atoms with E-state index in [1.54, 1.807) is 0 Å². The zero-order valence-corrected chi connectivity index (χ0v) is 13.9. The molecule has 26 heavy (non-hydrogen) atoms. The molecule has 0 radical (unpaired) electrons. The summed E-state index contributed by atoms with van der Waals surface area (Å²) in [7, 11) is 2.33. The molecule has 0 saturated carbocycles. The number of benzene rings is 2. The van der Waals surface area contributed by atoms with Crippen molar-refractivity contribution in [3.05, 3.63) is 59.7 Å². The van der Waals surface area contributed by atoms with E-state index in [1.807, 2.05) is 0 Å². The number of methoxy groups -OCH3 is 2. The summed E-state index contributed by atoms with van der Waals surface area (Å²) in [5, 5.41) is 0. The molecule has 0 aliphatic carbocycles. The third kappa shape index (κ3) is 4.23. The number of carbonyl (C=O) groups excluding carboxylic acids is 4. The molecule has 2 aromatic carbocycles. The van der Waals surface area contributed by atoms with E-state index in [4.69, 9.17) is 9.47 Å². The quantitative estimate of drug-likeness (QED) is 0.463. The lowest BCUT2D eigenvalue weighted by atomic mass is 10.2. The van der Waals surface area contributed by atoms with Crippen LogP contribution in [0.4, 0.5) is 0 Å². The Bertz CT molecular complexity index is 784. The van der Waals surface area contributed by atoms with Crippen LogP contribution in [0, 0.1) is 0 Å². The predicted molar refractivity (Wildman–Crippen MR) is 86.8 cm³/mol. The molecule has 0 unspecified atom stereocenters. The zero-order valence-electron chi connectivity index (χ0n) is 13.9. The van der Waals surface area contributed by atoms with Crippen LogP contribution in [0.2, 0.25) is 0 Å². The van der Waals surface area contributed by atoms with Gasteiger partial charge in [-0.25, -0.2) is 19.2 Å². The first kappa shape index (κ1) is 18.7. The Kier molecular flexibility index (Phi) is 6.05. The number of esters is 4. The van der Waals surface area contributed by atoms with Crippen LogP contribution in [-0.4, -0.2) is 38.1 Å². The molecule has 0 aromatic heterocycles. The molecule has 8 nitrogen and oxygen atoms in total. The van der Waals surface area contributed by atoms with Gasteiger partial charge in [0.25, 0.3) is 0 Å². The molecule has 8 heteroatoms. The molecule has 0 fully saturated rings. The van der Waals surface area contributed by atoms with Gasteiger partial charge >= 0.3 is 23.9 Å². The third-order valence-corrected chi connectivity index (χ3v) is 3.16. The predicted octanol–water partition coefficient (Wildman–Crippen LogP) is 1.77. The topological polar surface area (TPSA) is 105 Å². The molecule has 0 spiro atoms. The summed E-state index contributed by atoms with van der Waals surface area (Å²) in [4.78, 5) is 47.2. The number of ether oxygens (including phenoxy) is 4. The Labute approximate surface area is 148 Å². The number of hydrogen-bond donors (Lipinski definition) is 0. The van der Waals surface area contributed by atoms with Crippen molar-refractivity contribution in [2.24, 2.45) is 0 Å². The van der Waals surface area contributed by atoms with Crippen molar-refractivity contribution in [3.8, 4) is 11.5 Å². The maximum Gasteiger partial charge on any atom is 0.423 e. The Balaban J connectivity index is 2.17. The van der Waals surface area contributed by atoms with Crippen LogP contribution in [-0.2, 0) is 19.1 Å². The minimum absolute atomic E-state index is 0.0360. The van der Waals surface area contributed by atoms with E-state index in [-0.39, 0.29) is 22.6 Å². The molecule has 0 atom stereocenters. The minimum atomic E-state index is -1.37. The first-order valence-electron chi connectivity index (χ1n) is 7.26. The highest BCUT2D eigenvalue weighted by molar-refractivity contribution is 6.31. The highest BCUT2D eigenvalue weighted by atomic mass is 16.6. The van der Waals surface area contributed by atoms with Gasteiger partial charge in [0.2, 0.25) is 0 Å². The molecule has 0 aliphatic rings. The van der Waals surface area contributed by atoms with E-state index in [2.05, 4.69) is 9.47 Å². The summed E-state index contributed by atoms with van der Waals surface area (Å²) in [6, 6.07) is 11.5. The van der Waals surface area contributed by atoms with Crippen molar-refractivity contribution in [3.63, 3.8) is 0 Å². The average Bonchev–Trinajstić information content (AvgIpc) is 2.67. The van der Waals surface area contributed by atoms with E-state index in [0.29, 0.717) is 0 Å². The van der Waals surface area contributed by atoms with Crippen molar-refractivity contribution >= 4 is 23.9 Å². The Morgan fingerprint density at radius 1 is 0.615 bits per heavy atom. The first-order valence-corrected chi connectivity index (χ1v) is 7.26. The van der Waals surface area contributed by atoms with Gasteiger partial charge in [-0.05, 0) is 24.3 Å². The number of rotatable bonds is 4. The molecule has 0 bridgehead atoms. The van der Waals surface area contributed by atoms with Crippen LogP contribution in [0.15, 0.2) is 48.5 Å². The molecule has 0 heterocycles. The highest BCUT2D eigenvalue weighted by Gasteiger charge is 2.24. The maximum absolute atomic E-state index is 12.0. The molecular weight excluding hydrogens is 344 g/mol. The largest absolute Gasteiger partial charge is 0.465 e. The summed E-state index contributed by atoms with van der Waals surface area (Å²) in [5.74, 6) is -4.55. The Morgan fingerprint density at radius 2 is 0.962 bits per heavy atom. The van der Waals surface area contributed by atoms with Crippen LogP contribution in [0.5, 0.6) is 11.5 Å². The van der Waals surface area contributed by atoms with Gasteiger partial charge in [0.15, 0.2) is 0 Å². The van der Waals surface area contributed by atoms with Crippen molar-refractivity contribution in [2.75, 3.05) is 14.2 Å². The van der Waals surface area contributed by atoms with Crippen molar-refractivity contribution in [1.29, 1.82) is 0 Å². The zero-order chi connectivity index (χ0) is 19.1. The van der Waals surface area contributed by atoms with Crippen LogP contribution in [0.25, 0.3) is 0 Å². The smallest absolute Gasteiger partial charge is 0.423 e. The summed E-state index contributed by atoms with van der Waals surface area (Å²) < 4.78 is 18.9. The van der Waals surface area contributed by atoms with Gasteiger partial charge in [-0.1, -0.05) is 24.3 Å². The molecule has 2 rings (SSSR count). The van der Waals surface area contributed by atoms with Gasteiger partial charge < -0.3 is 18.9 Å². The van der Waals surface area contributed by atoms with Crippen LogP contribution in [0.1, 0.15) is 20.7 Å². The van der Waals surface area contributed by atoms with Crippen LogP contribution in [0.3, 0.4) is 0 Å². The van der Waals surface area contributed by atoms with Gasteiger partial charge in [0.1, 0.15) is 22.6 Å². The second kappa shape index (κ2) is 8.43. The second-order valence-electron chi connectivity index (χ2n) is 4.75. The van der Waals surface area contributed by atoms with Gasteiger partial charge in [-0.15, -0.1) is 0 Å². The molecule has 0 aliphatic heterocycles. The maximum atomic E-state index is 12.0. The van der Waals surface area contributed by atoms with Gasteiger partial charge in [0.05, 0.1) is 14.2 Å². The van der Waals surface area contributed by atoms with Gasteiger partial charge in [-0.2, -0.15) is 0 Å². The highest BCUT2D eigenvalue weighted by Crippen LogP contribution is 2.21. The van der Waals surface area contributed by atoms with Crippen LogP contribution >= 0.6 is 0 Å². The van der Waals surface area contributed by atoms with E-state index < -0.39 is 23.9 Å². The first-order chi connectivity index (χ1) is 12.5. The lowest BCUT2D eigenvalue weighted by Gasteiger charge is -2.10. The molecule has 0 amide bonds. The van der Waals surface area contributed by atoms with Crippen molar-refractivity contribution in [1.82, 2.24) is 0 Å². The SMILES string of the molecule is COC(=O)c1ccccc1OC(=O)C(=O)Oc1ccccc1C(=O)OC. The summed E-state index contributed by atoms with van der Waals surface area (Å²) in [6.07, 6.45) is 0. The van der Waals surface area contributed by atoms with Crippen molar-refractivity contribution in [2.45, 2.75) is 0 Å². The Hall–Kier alpha value is -3.68. The number of carbonyl (C=O) groups is 4. The van der Waals surface area contributed by atoms with Crippen molar-refractivity contribution < 1.29 is 38.1 Å².